The van der Waals surface area contributed by atoms with Gasteiger partial charge in [0.2, 0.25) is 0 Å². The van der Waals surface area contributed by atoms with Crippen LogP contribution in [0.3, 0.4) is 0 Å². The van der Waals surface area contributed by atoms with E-state index in [1.807, 2.05) is 20.0 Å². The molecule has 0 spiro atoms. The van der Waals surface area contributed by atoms with Crippen molar-refractivity contribution in [3.63, 3.8) is 0 Å². The molecule has 0 heterocycles. The smallest absolute Gasteiger partial charge is 0.0309 e. The van der Waals surface area contributed by atoms with Crippen LogP contribution in [0.2, 0.25) is 0 Å². The lowest BCUT2D eigenvalue weighted by Crippen LogP contribution is -2.10. The second-order valence-electron chi connectivity index (χ2n) is 1.85. The molecule has 1 N–H and O–H groups in total. The van der Waals surface area contributed by atoms with Crippen molar-refractivity contribution in [1.29, 1.82) is 0 Å². The largest absolute Gasteiger partial charge is 0.316 e. The zero-order chi connectivity index (χ0) is 7.82. The first-order valence-electron chi connectivity index (χ1n) is 3.29. The number of aliphatic imine (C=N–C) groups is 1. The Morgan fingerprint density at radius 2 is 2.40 bits per heavy atom. The third-order valence-corrected chi connectivity index (χ3v) is 1.10. The summed E-state index contributed by atoms with van der Waals surface area (Å²) in [4.78, 5) is 3.89. The number of hydrogen-bond donors (Lipinski definition) is 1. The number of allylic oxidation sites excluding steroid dienone is 1. The Hall–Kier alpha value is -0.890. The van der Waals surface area contributed by atoms with E-state index in [9.17, 15) is 0 Å². The molecule has 0 saturated carbocycles. The average Bonchev–Trinajstić information content (AvgIpc) is 1.98. The zero-order valence-electron chi connectivity index (χ0n) is 6.59. The van der Waals surface area contributed by atoms with Gasteiger partial charge in [0.15, 0.2) is 0 Å². The molecule has 0 atom stereocenters. The molecule has 2 nitrogen and oxygen atoms in total. The van der Waals surface area contributed by atoms with Crippen molar-refractivity contribution < 1.29 is 0 Å². The Labute approximate surface area is 62.4 Å². The highest BCUT2D eigenvalue weighted by Crippen LogP contribution is 1.86. The SMILES string of the molecule is C=CN=C/C(=C\C)CNC. The standard InChI is InChI=1S/C8H14N2/c1-4-8(6-9-3)7-10-5-2/h4-5,7,9H,2,6H2,1,3H3/b8-4-,10-7?. The van der Waals surface area contributed by atoms with Crippen molar-refractivity contribution >= 4 is 6.21 Å². The quantitative estimate of drug-likeness (QED) is 0.583. The van der Waals surface area contributed by atoms with Gasteiger partial charge in [-0.15, -0.1) is 0 Å². The van der Waals surface area contributed by atoms with E-state index in [1.54, 1.807) is 6.21 Å². The summed E-state index contributed by atoms with van der Waals surface area (Å²) >= 11 is 0. The molecule has 0 aliphatic heterocycles. The van der Waals surface area contributed by atoms with Crippen LogP contribution in [0.25, 0.3) is 0 Å². The fraction of sp³-hybridized carbons (Fsp3) is 0.375. The van der Waals surface area contributed by atoms with Gasteiger partial charge in [-0.3, -0.25) is 4.99 Å². The van der Waals surface area contributed by atoms with Crippen molar-refractivity contribution in [2.24, 2.45) is 4.99 Å². The molecule has 0 aliphatic rings. The van der Waals surface area contributed by atoms with Gasteiger partial charge >= 0.3 is 0 Å². The first kappa shape index (κ1) is 9.11. The van der Waals surface area contributed by atoms with Crippen LogP contribution in [0.4, 0.5) is 0 Å². The van der Waals surface area contributed by atoms with Crippen LogP contribution in [0.1, 0.15) is 6.92 Å². The van der Waals surface area contributed by atoms with Gasteiger partial charge in [0, 0.05) is 19.0 Å². The van der Waals surface area contributed by atoms with Crippen molar-refractivity contribution in [2.45, 2.75) is 6.92 Å². The second-order valence-corrected chi connectivity index (χ2v) is 1.85. The molecule has 0 aromatic heterocycles. The maximum absolute atomic E-state index is 3.89. The highest BCUT2D eigenvalue weighted by atomic mass is 14.8. The molecule has 2 heteroatoms. The Kier molecular flexibility index (Phi) is 5.68. The highest BCUT2D eigenvalue weighted by molar-refractivity contribution is 5.79. The normalized spacial score (nSPS) is 12.4. The van der Waals surface area contributed by atoms with E-state index < -0.39 is 0 Å². The van der Waals surface area contributed by atoms with Gasteiger partial charge in [-0.1, -0.05) is 12.7 Å². The van der Waals surface area contributed by atoms with Gasteiger partial charge in [0.1, 0.15) is 0 Å². The summed E-state index contributed by atoms with van der Waals surface area (Å²) in [7, 11) is 1.91. The minimum absolute atomic E-state index is 0.855. The third kappa shape index (κ3) is 4.04. The summed E-state index contributed by atoms with van der Waals surface area (Å²) < 4.78 is 0. The minimum Gasteiger partial charge on any atom is -0.316 e. The Morgan fingerprint density at radius 1 is 1.70 bits per heavy atom. The van der Waals surface area contributed by atoms with Crippen LogP contribution in [0.15, 0.2) is 29.4 Å². The molecular formula is C8H14N2. The maximum atomic E-state index is 3.89. The molecule has 0 amide bonds. The summed E-state index contributed by atoms with van der Waals surface area (Å²) in [5.41, 5.74) is 1.17. The molecule has 0 unspecified atom stereocenters. The Morgan fingerprint density at radius 3 is 2.80 bits per heavy atom. The minimum atomic E-state index is 0.855. The van der Waals surface area contributed by atoms with E-state index in [-0.39, 0.29) is 0 Å². The molecule has 0 fully saturated rings. The first-order chi connectivity index (χ1) is 4.85. The monoisotopic (exact) mass is 138 g/mol. The lowest BCUT2D eigenvalue weighted by Gasteiger charge is -1.96. The van der Waals surface area contributed by atoms with E-state index >= 15 is 0 Å². The molecule has 0 aromatic rings. The summed E-state index contributed by atoms with van der Waals surface area (Å²) in [5.74, 6) is 0. The number of likely N-dealkylation sites (N-methyl/N-ethyl adjacent to an activating group) is 1. The zero-order valence-corrected chi connectivity index (χ0v) is 6.59. The lowest BCUT2D eigenvalue weighted by molar-refractivity contribution is 0.903. The van der Waals surface area contributed by atoms with E-state index in [0.717, 1.165) is 6.54 Å². The highest BCUT2D eigenvalue weighted by Gasteiger charge is 1.85. The molecule has 0 saturated heterocycles. The van der Waals surface area contributed by atoms with E-state index in [1.165, 1.54) is 11.8 Å². The number of hydrogen-bond acceptors (Lipinski definition) is 2. The molecule has 0 radical (unpaired) electrons. The Bertz CT molecular complexity index is 145. The molecular weight excluding hydrogens is 124 g/mol. The summed E-state index contributed by atoms with van der Waals surface area (Å²) in [5, 5.41) is 3.03. The average molecular weight is 138 g/mol. The van der Waals surface area contributed by atoms with Crippen LogP contribution in [0, 0.1) is 0 Å². The first-order valence-corrected chi connectivity index (χ1v) is 3.29. The number of nitrogens with one attached hydrogen (secondary N) is 1. The van der Waals surface area contributed by atoms with E-state index in [2.05, 4.69) is 16.9 Å². The summed E-state index contributed by atoms with van der Waals surface area (Å²) in [6.45, 7) is 6.32. The van der Waals surface area contributed by atoms with Crippen molar-refractivity contribution in [3.05, 3.63) is 24.4 Å². The van der Waals surface area contributed by atoms with E-state index in [0.29, 0.717) is 0 Å². The van der Waals surface area contributed by atoms with Gasteiger partial charge in [0.25, 0.3) is 0 Å². The molecule has 0 rings (SSSR count). The molecule has 56 valence electrons. The fourth-order valence-corrected chi connectivity index (χ4v) is 0.575. The number of nitrogens with zero attached hydrogens (tertiary/aromatic N) is 1. The van der Waals surface area contributed by atoms with Crippen LogP contribution >= 0.6 is 0 Å². The van der Waals surface area contributed by atoms with Gasteiger partial charge in [-0.05, 0) is 19.5 Å². The lowest BCUT2D eigenvalue weighted by atomic mass is 10.3. The summed E-state index contributed by atoms with van der Waals surface area (Å²) in [6, 6.07) is 0. The van der Waals surface area contributed by atoms with Crippen molar-refractivity contribution in [3.8, 4) is 0 Å². The van der Waals surface area contributed by atoms with Gasteiger partial charge in [-0.25, -0.2) is 0 Å². The van der Waals surface area contributed by atoms with Crippen LogP contribution in [0.5, 0.6) is 0 Å². The van der Waals surface area contributed by atoms with Gasteiger partial charge in [-0.2, -0.15) is 0 Å². The topological polar surface area (TPSA) is 24.4 Å². The second kappa shape index (κ2) is 6.23. The summed E-state index contributed by atoms with van der Waals surface area (Å²) in [6.07, 6.45) is 5.34. The fourth-order valence-electron chi connectivity index (χ4n) is 0.575. The van der Waals surface area contributed by atoms with Crippen LogP contribution in [-0.4, -0.2) is 19.8 Å². The Balaban J connectivity index is 3.84. The van der Waals surface area contributed by atoms with Gasteiger partial charge < -0.3 is 5.32 Å². The van der Waals surface area contributed by atoms with E-state index in [4.69, 9.17) is 0 Å². The van der Waals surface area contributed by atoms with Gasteiger partial charge in [0.05, 0.1) is 0 Å². The van der Waals surface area contributed by atoms with Crippen LogP contribution < -0.4 is 5.32 Å². The number of rotatable bonds is 4. The molecule has 0 bridgehead atoms. The van der Waals surface area contributed by atoms with Crippen LogP contribution in [-0.2, 0) is 0 Å². The third-order valence-electron chi connectivity index (χ3n) is 1.10. The maximum Gasteiger partial charge on any atom is 0.0309 e. The van der Waals surface area contributed by atoms with Crippen molar-refractivity contribution in [1.82, 2.24) is 5.32 Å². The predicted molar refractivity (Wildman–Crippen MR) is 46.4 cm³/mol. The molecule has 0 aliphatic carbocycles. The predicted octanol–water partition coefficient (Wildman–Crippen LogP) is 1.37. The molecule has 0 aromatic carbocycles. The van der Waals surface area contributed by atoms with Crippen molar-refractivity contribution in [2.75, 3.05) is 13.6 Å². The molecule has 10 heavy (non-hydrogen) atoms.